The first-order chi connectivity index (χ1) is 9.33. The van der Waals surface area contributed by atoms with E-state index in [0.717, 1.165) is 16.8 Å². The maximum atomic E-state index is 11.1. The predicted molar refractivity (Wildman–Crippen MR) is 76.6 cm³/mol. The van der Waals surface area contributed by atoms with Crippen molar-refractivity contribution >= 4 is 11.5 Å². The van der Waals surface area contributed by atoms with Crippen LogP contribution in [0.2, 0.25) is 0 Å². The highest BCUT2D eigenvalue weighted by Crippen LogP contribution is 2.21. The van der Waals surface area contributed by atoms with Crippen LogP contribution in [0.1, 0.15) is 24.0 Å². The minimum Gasteiger partial charge on any atom is -0.300 e. The highest BCUT2D eigenvalue weighted by Gasteiger charge is 2.26. The summed E-state index contributed by atoms with van der Waals surface area (Å²) in [6, 6.07) is 20.5. The van der Waals surface area contributed by atoms with E-state index >= 15 is 0 Å². The van der Waals surface area contributed by atoms with Crippen LogP contribution in [0.15, 0.2) is 65.7 Å². The summed E-state index contributed by atoms with van der Waals surface area (Å²) in [5.41, 5.74) is 3.19. The van der Waals surface area contributed by atoms with Crippen molar-refractivity contribution in [2.24, 2.45) is 4.99 Å². The molecular weight excluding hydrogens is 234 g/mol. The number of Topliss-reactive ketones (excluding diaryl/α,β-unsaturated/α-hetero) is 1. The van der Waals surface area contributed by atoms with Crippen molar-refractivity contribution in [3.8, 4) is 0 Å². The molecule has 2 nitrogen and oxygen atoms in total. The molecule has 0 radical (unpaired) electrons. The molecule has 0 saturated heterocycles. The zero-order chi connectivity index (χ0) is 13.1. The van der Waals surface area contributed by atoms with Gasteiger partial charge in [0.25, 0.3) is 0 Å². The van der Waals surface area contributed by atoms with Crippen molar-refractivity contribution in [2.75, 3.05) is 0 Å². The summed E-state index contributed by atoms with van der Waals surface area (Å²) in [4.78, 5) is 15.9. The zero-order valence-electron chi connectivity index (χ0n) is 10.6. The first-order valence-corrected chi connectivity index (χ1v) is 6.53. The van der Waals surface area contributed by atoms with Crippen LogP contribution < -0.4 is 0 Å². The lowest BCUT2D eigenvalue weighted by atomic mass is 9.91. The molecule has 0 unspecified atom stereocenters. The lowest BCUT2D eigenvalue weighted by molar-refractivity contribution is -0.124. The van der Waals surface area contributed by atoms with E-state index in [1.165, 1.54) is 0 Å². The molecule has 1 aliphatic rings. The SMILES string of the molecule is O=C1CC(N=C(c2ccccc2)c2ccccc2)C1. The van der Waals surface area contributed by atoms with E-state index in [4.69, 9.17) is 4.99 Å². The minimum atomic E-state index is 0.155. The predicted octanol–water partition coefficient (Wildman–Crippen LogP) is 3.26. The van der Waals surface area contributed by atoms with Crippen LogP contribution in [0.5, 0.6) is 0 Å². The van der Waals surface area contributed by atoms with Gasteiger partial charge in [-0.3, -0.25) is 9.79 Å². The van der Waals surface area contributed by atoms with Crippen molar-refractivity contribution in [2.45, 2.75) is 18.9 Å². The molecule has 0 aliphatic heterocycles. The molecule has 0 aromatic heterocycles. The van der Waals surface area contributed by atoms with Crippen molar-refractivity contribution in [3.63, 3.8) is 0 Å². The Kier molecular flexibility index (Phi) is 3.23. The number of carbonyl (C=O) groups is 1. The molecule has 0 spiro atoms. The third-order valence-electron chi connectivity index (χ3n) is 3.33. The van der Waals surface area contributed by atoms with Gasteiger partial charge in [0.1, 0.15) is 5.78 Å². The van der Waals surface area contributed by atoms with Gasteiger partial charge >= 0.3 is 0 Å². The molecule has 2 heteroatoms. The first-order valence-electron chi connectivity index (χ1n) is 6.53. The number of benzene rings is 2. The minimum absolute atomic E-state index is 0.155. The molecule has 0 amide bonds. The van der Waals surface area contributed by atoms with E-state index in [1.807, 2.05) is 36.4 Å². The Morgan fingerprint density at radius 2 is 1.32 bits per heavy atom. The van der Waals surface area contributed by atoms with E-state index < -0.39 is 0 Å². The van der Waals surface area contributed by atoms with Gasteiger partial charge in [-0.15, -0.1) is 0 Å². The van der Waals surface area contributed by atoms with Gasteiger partial charge in [0.2, 0.25) is 0 Å². The Labute approximate surface area is 112 Å². The summed E-state index contributed by atoms with van der Waals surface area (Å²) in [6.07, 6.45) is 1.17. The third-order valence-corrected chi connectivity index (χ3v) is 3.33. The van der Waals surface area contributed by atoms with Crippen LogP contribution in [0, 0.1) is 0 Å². The second-order valence-electron chi connectivity index (χ2n) is 4.81. The summed E-state index contributed by atoms with van der Waals surface area (Å²) in [5, 5.41) is 0. The largest absolute Gasteiger partial charge is 0.300 e. The third kappa shape index (κ3) is 2.63. The maximum Gasteiger partial charge on any atom is 0.137 e. The molecule has 1 aliphatic carbocycles. The van der Waals surface area contributed by atoms with Crippen LogP contribution in [-0.4, -0.2) is 17.5 Å². The average molecular weight is 249 g/mol. The lowest BCUT2D eigenvalue weighted by Gasteiger charge is -2.21. The summed E-state index contributed by atoms with van der Waals surface area (Å²) in [5.74, 6) is 0.314. The standard InChI is InChI=1S/C17H15NO/c19-16-11-15(12-16)18-17(13-7-3-1-4-8-13)14-9-5-2-6-10-14/h1-10,15H,11-12H2. The summed E-state index contributed by atoms with van der Waals surface area (Å²) >= 11 is 0. The molecule has 2 aromatic carbocycles. The summed E-state index contributed by atoms with van der Waals surface area (Å²) < 4.78 is 0. The lowest BCUT2D eigenvalue weighted by Crippen LogP contribution is -2.28. The molecule has 94 valence electrons. The van der Waals surface area contributed by atoms with Gasteiger partial charge in [-0.25, -0.2) is 0 Å². The number of ketones is 1. The molecule has 3 rings (SSSR count). The van der Waals surface area contributed by atoms with Gasteiger partial charge in [-0.05, 0) is 0 Å². The summed E-state index contributed by atoms with van der Waals surface area (Å²) in [6.45, 7) is 0. The van der Waals surface area contributed by atoms with E-state index in [0.29, 0.717) is 18.6 Å². The Morgan fingerprint density at radius 1 is 0.842 bits per heavy atom. The van der Waals surface area contributed by atoms with Gasteiger partial charge in [0.15, 0.2) is 0 Å². The van der Waals surface area contributed by atoms with E-state index in [-0.39, 0.29) is 6.04 Å². The summed E-state index contributed by atoms with van der Waals surface area (Å²) in [7, 11) is 0. The molecule has 2 aromatic rings. The Bertz CT molecular complexity index is 552. The van der Waals surface area contributed by atoms with E-state index in [2.05, 4.69) is 24.3 Å². The fourth-order valence-corrected chi connectivity index (χ4v) is 2.25. The van der Waals surface area contributed by atoms with Crippen LogP contribution in [0.3, 0.4) is 0 Å². The van der Waals surface area contributed by atoms with Crippen molar-refractivity contribution in [1.29, 1.82) is 0 Å². The molecule has 0 N–H and O–H groups in total. The number of hydrogen-bond donors (Lipinski definition) is 0. The smallest absolute Gasteiger partial charge is 0.137 e. The van der Waals surface area contributed by atoms with Gasteiger partial charge in [-0.1, -0.05) is 60.7 Å². The topological polar surface area (TPSA) is 29.4 Å². The molecule has 1 saturated carbocycles. The molecule has 0 bridgehead atoms. The van der Waals surface area contributed by atoms with E-state index in [1.54, 1.807) is 0 Å². The number of aliphatic imine (C=N–C) groups is 1. The fourth-order valence-electron chi connectivity index (χ4n) is 2.25. The molecular formula is C17H15NO. The van der Waals surface area contributed by atoms with Gasteiger partial charge in [0.05, 0.1) is 11.8 Å². The van der Waals surface area contributed by atoms with Gasteiger partial charge in [0, 0.05) is 24.0 Å². The second kappa shape index (κ2) is 5.19. The van der Waals surface area contributed by atoms with Gasteiger partial charge in [-0.2, -0.15) is 0 Å². The number of hydrogen-bond acceptors (Lipinski definition) is 2. The fraction of sp³-hybridized carbons (Fsp3) is 0.176. The molecule has 0 heterocycles. The number of rotatable bonds is 3. The molecule has 0 atom stereocenters. The highest BCUT2D eigenvalue weighted by molar-refractivity contribution is 6.13. The molecule has 1 fully saturated rings. The van der Waals surface area contributed by atoms with Crippen molar-refractivity contribution in [3.05, 3.63) is 71.8 Å². The van der Waals surface area contributed by atoms with Crippen LogP contribution in [0.4, 0.5) is 0 Å². The number of nitrogens with zero attached hydrogens (tertiary/aromatic N) is 1. The van der Waals surface area contributed by atoms with Gasteiger partial charge < -0.3 is 0 Å². The Hall–Kier alpha value is -2.22. The normalized spacial score (nSPS) is 14.8. The number of carbonyl (C=O) groups excluding carboxylic acids is 1. The first kappa shape index (κ1) is 11.8. The highest BCUT2D eigenvalue weighted by atomic mass is 16.1. The van der Waals surface area contributed by atoms with E-state index in [9.17, 15) is 4.79 Å². The van der Waals surface area contributed by atoms with Crippen molar-refractivity contribution < 1.29 is 4.79 Å². The monoisotopic (exact) mass is 249 g/mol. The van der Waals surface area contributed by atoms with Crippen LogP contribution >= 0.6 is 0 Å². The van der Waals surface area contributed by atoms with Crippen LogP contribution in [0.25, 0.3) is 0 Å². The van der Waals surface area contributed by atoms with Crippen molar-refractivity contribution in [1.82, 2.24) is 0 Å². The maximum absolute atomic E-state index is 11.1. The quantitative estimate of drug-likeness (QED) is 0.768. The Balaban J connectivity index is 1.99. The molecule has 19 heavy (non-hydrogen) atoms. The second-order valence-corrected chi connectivity index (χ2v) is 4.81. The van der Waals surface area contributed by atoms with Crippen LogP contribution in [-0.2, 0) is 4.79 Å². The average Bonchev–Trinajstić information content (AvgIpc) is 2.44. The zero-order valence-corrected chi connectivity index (χ0v) is 10.6. The Morgan fingerprint density at radius 3 is 1.74 bits per heavy atom.